The Morgan fingerprint density at radius 3 is 2.48 bits per heavy atom. The molecular weight excluding hydrogens is 456 g/mol. The third kappa shape index (κ3) is 6.98. The maximum atomic E-state index is 12.3. The van der Waals surface area contributed by atoms with Crippen molar-refractivity contribution < 1.29 is 22.7 Å². The third-order valence-electron chi connectivity index (χ3n) is 4.48. The summed E-state index contributed by atoms with van der Waals surface area (Å²) >= 11 is 3.92. The molecule has 168 valence electrons. The summed E-state index contributed by atoms with van der Waals surface area (Å²) in [5.74, 6) is 2.94. The van der Waals surface area contributed by atoms with Crippen LogP contribution in [-0.4, -0.2) is 45.3 Å². The number of hydrogen-bond acceptors (Lipinski definition) is 7. The van der Waals surface area contributed by atoms with Crippen LogP contribution in [0.3, 0.4) is 0 Å². The van der Waals surface area contributed by atoms with Gasteiger partial charge in [0.05, 0.1) is 23.1 Å². The van der Waals surface area contributed by atoms with Crippen LogP contribution in [0.25, 0.3) is 0 Å². The Hall–Kier alpha value is -2.04. The SMILES string of the molecule is CCS(=O)(=O)Nc1ccc(NC(=O)COc2ccc(C3SCCCS3)cc2)cc1OC. The van der Waals surface area contributed by atoms with Crippen LogP contribution in [0.2, 0.25) is 0 Å². The Morgan fingerprint density at radius 2 is 1.84 bits per heavy atom. The zero-order valence-corrected chi connectivity index (χ0v) is 19.9. The van der Waals surface area contributed by atoms with Crippen LogP contribution in [0.15, 0.2) is 42.5 Å². The highest BCUT2D eigenvalue weighted by molar-refractivity contribution is 8.16. The molecule has 2 N–H and O–H groups in total. The first-order valence-electron chi connectivity index (χ1n) is 9.84. The second-order valence-electron chi connectivity index (χ2n) is 6.75. The van der Waals surface area contributed by atoms with Gasteiger partial charge in [-0.3, -0.25) is 9.52 Å². The van der Waals surface area contributed by atoms with Crippen molar-refractivity contribution in [3.8, 4) is 11.5 Å². The number of rotatable bonds is 9. The van der Waals surface area contributed by atoms with E-state index in [2.05, 4.69) is 10.0 Å². The summed E-state index contributed by atoms with van der Waals surface area (Å²) in [4.78, 5) is 12.3. The molecule has 10 heteroatoms. The summed E-state index contributed by atoms with van der Waals surface area (Å²) in [5, 5.41) is 2.73. The van der Waals surface area contributed by atoms with E-state index >= 15 is 0 Å². The summed E-state index contributed by atoms with van der Waals surface area (Å²) in [7, 11) is -2.00. The molecule has 0 aliphatic carbocycles. The molecule has 0 bridgehead atoms. The van der Waals surface area contributed by atoms with E-state index in [0.29, 0.717) is 27.5 Å². The molecule has 1 aliphatic heterocycles. The van der Waals surface area contributed by atoms with Crippen molar-refractivity contribution in [2.45, 2.75) is 17.9 Å². The molecule has 7 nitrogen and oxygen atoms in total. The number of benzene rings is 2. The van der Waals surface area contributed by atoms with Crippen LogP contribution in [0.4, 0.5) is 11.4 Å². The molecule has 0 spiro atoms. The molecule has 1 heterocycles. The molecule has 0 radical (unpaired) electrons. The van der Waals surface area contributed by atoms with Gasteiger partial charge in [0, 0.05) is 11.8 Å². The number of amides is 1. The lowest BCUT2D eigenvalue weighted by Crippen LogP contribution is -2.20. The Labute approximate surface area is 191 Å². The van der Waals surface area contributed by atoms with Crippen molar-refractivity contribution in [3.63, 3.8) is 0 Å². The predicted octanol–water partition coefficient (Wildman–Crippen LogP) is 4.34. The van der Waals surface area contributed by atoms with Gasteiger partial charge < -0.3 is 14.8 Å². The highest BCUT2D eigenvalue weighted by atomic mass is 32.2. The zero-order valence-electron chi connectivity index (χ0n) is 17.4. The first kappa shape index (κ1) is 23.6. The predicted molar refractivity (Wildman–Crippen MR) is 129 cm³/mol. The van der Waals surface area contributed by atoms with E-state index in [9.17, 15) is 13.2 Å². The fraction of sp³-hybridized carbons (Fsp3) is 0.381. The van der Waals surface area contributed by atoms with Crippen molar-refractivity contribution in [2.24, 2.45) is 0 Å². The minimum absolute atomic E-state index is 0.0503. The van der Waals surface area contributed by atoms with Gasteiger partial charge in [-0.1, -0.05) is 12.1 Å². The molecule has 1 aliphatic rings. The average molecular weight is 483 g/mol. The molecule has 0 atom stereocenters. The van der Waals surface area contributed by atoms with Crippen LogP contribution in [-0.2, 0) is 14.8 Å². The second kappa shape index (κ2) is 11.0. The summed E-state index contributed by atoms with van der Waals surface area (Å²) in [5.41, 5.74) is 2.05. The van der Waals surface area contributed by atoms with E-state index in [0.717, 1.165) is 0 Å². The van der Waals surface area contributed by atoms with Crippen molar-refractivity contribution in [2.75, 3.05) is 41.0 Å². The number of thioether (sulfide) groups is 2. The Morgan fingerprint density at radius 1 is 1.13 bits per heavy atom. The molecule has 0 unspecified atom stereocenters. The largest absolute Gasteiger partial charge is 0.494 e. The fourth-order valence-corrected chi connectivity index (χ4v) is 6.38. The maximum Gasteiger partial charge on any atom is 0.262 e. The zero-order chi connectivity index (χ0) is 22.3. The van der Waals surface area contributed by atoms with Gasteiger partial charge in [0.1, 0.15) is 11.5 Å². The number of ether oxygens (including phenoxy) is 2. The smallest absolute Gasteiger partial charge is 0.262 e. The van der Waals surface area contributed by atoms with Crippen molar-refractivity contribution in [1.29, 1.82) is 0 Å². The summed E-state index contributed by atoms with van der Waals surface area (Å²) in [6, 6.07) is 12.6. The van der Waals surface area contributed by atoms with E-state index in [1.54, 1.807) is 25.1 Å². The molecule has 1 saturated heterocycles. The normalized spacial score (nSPS) is 14.6. The van der Waals surface area contributed by atoms with E-state index in [-0.39, 0.29) is 18.3 Å². The number of hydrogen-bond donors (Lipinski definition) is 2. The van der Waals surface area contributed by atoms with Crippen molar-refractivity contribution in [3.05, 3.63) is 48.0 Å². The number of sulfonamides is 1. The van der Waals surface area contributed by atoms with Gasteiger partial charge >= 0.3 is 0 Å². The monoisotopic (exact) mass is 482 g/mol. The molecular formula is C21H26N2O5S3. The van der Waals surface area contributed by atoms with Crippen molar-refractivity contribution in [1.82, 2.24) is 0 Å². The van der Waals surface area contributed by atoms with Gasteiger partial charge in [-0.15, -0.1) is 23.5 Å². The Balaban J connectivity index is 1.54. The van der Waals surface area contributed by atoms with Crippen molar-refractivity contribution >= 4 is 50.8 Å². The van der Waals surface area contributed by atoms with Crippen LogP contribution in [0.1, 0.15) is 23.5 Å². The molecule has 1 fully saturated rings. The lowest BCUT2D eigenvalue weighted by Gasteiger charge is -2.21. The molecule has 31 heavy (non-hydrogen) atoms. The molecule has 0 saturated carbocycles. The van der Waals surface area contributed by atoms with E-state index < -0.39 is 10.0 Å². The number of carbonyl (C=O) groups excluding carboxylic acids is 1. The summed E-state index contributed by atoms with van der Waals surface area (Å²) < 4.78 is 37.3. The minimum atomic E-state index is -3.43. The number of nitrogens with one attached hydrogen (secondary N) is 2. The highest BCUT2D eigenvalue weighted by Crippen LogP contribution is 2.43. The van der Waals surface area contributed by atoms with Gasteiger partial charge in [0.15, 0.2) is 6.61 Å². The molecule has 1 amide bonds. The fourth-order valence-electron chi connectivity index (χ4n) is 2.84. The van der Waals surface area contributed by atoms with Gasteiger partial charge in [0.2, 0.25) is 10.0 Å². The quantitative estimate of drug-likeness (QED) is 0.549. The van der Waals surface area contributed by atoms with Crippen LogP contribution < -0.4 is 19.5 Å². The second-order valence-corrected chi connectivity index (χ2v) is 11.5. The lowest BCUT2D eigenvalue weighted by atomic mass is 10.2. The first-order valence-corrected chi connectivity index (χ1v) is 13.6. The van der Waals surface area contributed by atoms with Crippen LogP contribution >= 0.6 is 23.5 Å². The summed E-state index contributed by atoms with van der Waals surface area (Å²) in [6.07, 6.45) is 1.26. The number of methoxy groups -OCH3 is 1. The van der Waals surface area contributed by atoms with E-state index in [4.69, 9.17) is 9.47 Å². The van der Waals surface area contributed by atoms with Gasteiger partial charge in [-0.25, -0.2) is 8.42 Å². The lowest BCUT2D eigenvalue weighted by molar-refractivity contribution is -0.118. The van der Waals surface area contributed by atoms with Gasteiger partial charge in [-0.05, 0) is 54.7 Å². The number of anilines is 2. The Bertz CT molecular complexity index is 991. The van der Waals surface area contributed by atoms with Gasteiger partial charge in [0.25, 0.3) is 5.91 Å². The van der Waals surface area contributed by atoms with Gasteiger partial charge in [-0.2, -0.15) is 0 Å². The average Bonchev–Trinajstić information content (AvgIpc) is 2.79. The Kier molecular flexibility index (Phi) is 8.39. The molecule has 2 aromatic carbocycles. The van der Waals surface area contributed by atoms with E-state index in [1.165, 1.54) is 30.6 Å². The minimum Gasteiger partial charge on any atom is -0.494 e. The van der Waals surface area contributed by atoms with Crippen LogP contribution in [0.5, 0.6) is 11.5 Å². The van der Waals surface area contributed by atoms with E-state index in [1.807, 2.05) is 47.8 Å². The standard InChI is InChI=1S/C21H26N2O5S3/c1-3-31(25,26)23-18-10-7-16(13-19(18)27-2)22-20(24)14-28-17-8-5-15(6-9-17)21-29-11-4-12-30-21/h5-10,13,21,23H,3-4,11-12,14H2,1-2H3,(H,22,24). The first-order chi connectivity index (χ1) is 14.9. The molecule has 0 aromatic heterocycles. The third-order valence-corrected chi connectivity index (χ3v) is 8.79. The number of carbonyl (C=O) groups is 1. The topological polar surface area (TPSA) is 93.7 Å². The maximum absolute atomic E-state index is 12.3. The molecule has 2 aromatic rings. The summed E-state index contributed by atoms with van der Waals surface area (Å²) in [6.45, 7) is 1.41. The van der Waals surface area contributed by atoms with Crippen LogP contribution in [0, 0.1) is 0 Å². The highest BCUT2D eigenvalue weighted by Gasteiger charge is 2.17. The molecule has 3 rings (SSSR count).